The Hall–Kier alpha value is -2.26. The van der Waals surface area contributed by atoms with Gasteiger partial charge in [0, 0.05) is 52.1 Å². The minimum Gasteiger partial charge on any atom is -0.341 e. The third kappa shape index (κ3) is 5.71. The lowest BCUT2D eigenvalue weighted by atomic mass is 9.92. The summed E-state index contributed by atoms with van der Waals surface area (Å²) in [4.78, 5) is 36.7. The zero-order valence-electron chi connectivity index (χ0n) is 18.3. The number of amides is 2. The van der Waals surface area contributed by atoms with E-state index in [0.29, 0.717) is 56.0 Å². The Balaban J connectivity index is 1.19. The molecule has 31 heavy (non-hydrogen) atoms. The minimum atomic E-state index is 0.0977. The first kappa shape index (κ1) is 22.0. The summed E-state index contributed by atoms with van der Waals surface area (Å²) >= 11 is 1.56. The lowest BCUT2D eigenvalue weighted by Gasteiger charge is -2.38. The van der Waals surface area contributed by atoms with Crippen LogP contribution >= 0.6 is 11.3 Å². The van der Waals surface area contributed by atoms with Crippen molar-refractivity contribution in [1.82, 2.24) is 24.8 Å². The van der Waals surface area contributed by atoms with Crippen LogP contribution in [0.15, 0.2) is 22.0 Å². The highest BCUT2D eigenvalue weighted by molar-refractivity contribution is 7.13. The van der Waals surface area contributed by atoms with Crippen LogP contribution in [0.4, 0.5) is 0 Å². The number of hydrogen-bond donors (Lipinski definition) is 0. The van der Waals surface area contributed by atoms with E-state index in [1.807, 2.05) is 27.3 Å². The molecule has 2 unspecified atom stereocenters. The van der Waals surface area contributed by atoms with E-state index in [-0.39, 0.29) is 11.8 Å². The number of thiophene rings is 1. The maximum Gasteiger partial charge on any atom is 0.236 e. The summed E-state index contributed by atoms with van der Waals surface area (Å²) in [5.41, 5.74) is 0. The van der Waals surface area contributed by atoms with E-state index in [0.717, 1.165) is 31.1 Å². The molecular formula is C22H31N5O3S. The molecule has 2 aliphatic heterocycles. The molecule has 0 saturated carbocycles. The molecule has 8 nitrogen and oxygen atoms in total. The van der Waals surface area contributed by atoms with Crippen molar-refractivity contribution >= 4 is 23.2 Å². The quantitative estimate of drug-likeness (QED) is 0.679. The fraction of sp³-hybridized carbons (Fsp3) is 0.636. The summed E-state index contributed by atoms with van der Waals surface area (Å²) < 4.78 is 5.28. The molecule has 0 aromatic carbocycles. The Morgan fingerprint density at radius 2 is 1.84 bits per heavy atom. The molecule has 4 rings (SSSR count). The molecule has 168 valence electrons. The smallest absolute Gasteiger partial charge is 0.236 e. The molecule has 2 fully saturated rings. The zero-order valence-corrected chi connectivity index (χ0v) is 19.1. The standard InChI is InChI=1S/C22H31N5O3S/c1-16-12-17(2)14-27(13-16)21(29)15-25-7-9-26(10-8-25)20(28)6-5-19-23-22(24-30-19)18-4-3-11-31-18/h3-4,11,16-17H,5-10,12-15H2,1-2H3. The number of aryl methyl sites for hydroxylation is 1. The number of carbonyl (C=O) groups is 2. The molecule has 0 bridgehead atoms. The summed E-state index contributed by atoms with van der Waals surface area (Å²) in [5, 5.41) is 5.96. The largest absolute Gasteiger partial charge is 0.341 e. The Morgan fingerprint density at radius 1 is 1.10 bits per heavy atom. The number of hydrogen-bond acceptors (Lipinski definition) is 7. The van der Waals surface area contributed by atoms with Gasteiger partial charge in [-0.3, -0.25) is 14.5 Å². The van der Waals surface area contributed by atoms with Crippen molar-refractivity contribution in [1.29, 1.82) is 0 Å². The fourth-order valence-corrected chi connectivity index (χ4v) is 5.20. The molecule has 0 spiro atoms. The van der Waals surface area contributed by atoms with E-state index in [1.165, 1.54) is 6.42 Å². The number of piperidine rings is 1. The second kappa shape index (κ2) is 9.91. The van der Waals surface area contributed by atoms with Crippen LogP contribution in [0.2, 0.25) is 0 Å². The van der Waals surface area contributed by atoms with Crippen LogP contribution in [0.5, 0.6) is 0 Å². The average Bonchev–Trinajstić information content (AvgIpc) is 3.43. The molecule has 2 aromatic heterocycles. The zero-order chi connectivity index (χ0) is 21.8. The topological polar surface area (TPSA) is 82.8 Å². The molecule has 0 radical (unpaired) electrons. The van der Waals surface area contributed by atoms with Gasteiger partial charge < -0.3 is 14.3 Å². The predicted molar refractivity (Wildman–Crippen MR) is 118 cm³/mol. The van der Waals surface area contributed by atoms with Gasteiger partial charge in [0.05, 0.1) is 11.4 Å². The Morgan fingerprint density at radius 3 is 2.52 bits per heavy atom. The highest BCUT2D eigenvalue weighted by Crippen LogP contribution is 2.22. The van der Waals surface area contributed by atoms with Crippen LogP contribution in [-0.4, -0.2) is 82.5 Å². The van der Waals surface area contributed by atoms with Crippen LogP contribution in [0.25, 0.3) is 10.7 Å². The average molecular weight is 446 g/mol. The van der Waals surface area contributed by atoms with Crippen molar-refractivity contribution in [2.45, 2.75) is 33.1 Å². The summed E-state index contributed by atoms with van der Waals surface area (Å²) in [5.74, 6) is 2.53. The number of carbonyl (C=O) groups excluding carboxylic acids is 2. The number of piperazine rings is 1. The van der Waals surface area contributed by atoms with Crippen molar-refractivity contribution in [2.75, 3.05) is 45.8 Å². The Kier molecular flexibility index (Phi) is 7.02. The third-order valence-corrected chi connectivity index (χ3v) is 6.93. The van der Waals surface area contributed by atoms with Crippen LogP contribution in [0, 0.1) is 11.8 Å². The second-order valence-corrected chi connectivity index (χ2v) is 9.84. The number of likely N-dealkylation sites (tertiary alicyclic amines) is 1. The van der Waals surface area contributed by atoms with E-state index in [4.69, 9.17) is 4.52 Å². The first-order valence-corrected chi connectivity index (χ1v) is 12.0. The summed E-state index contributed by atoms with van der Waals surface area (Å²) in [6, 6.07) is 3.89. The predicted octanol–water partition coefficient (Wildman–Crippen LogP) is 2.38. The van der Waals surface area contributed by atoms with Gasteiger partial charge in [0.25, 0.3) is 0 Å². The van der Waals surface area contributed by atoms with Crippen molar-refractivity contribution < 1.29 is 14.1 Å². The van der Waals surface area contributed by atoms with Crippen molar-refractivity contribution in [3.05, 3.63) is 23.4 Å². The van der Waals surface area contributed by atoms with Gasteiger partial charge in [0.15, 0.2) is 0 Å². The molecule has 2 amide bonds. The molecule has 4 heterocycles. The van der Waals surface area contributed by atoms with Crippen LogP contribution in [0.1, 0.15) is 32.6 Å². The van der Waals surface area contributed by atoms with E-state index >= 15 is 0 Å². The highest BCUT2D eigenvalue weighted by Gasteiger charge is 2.28. The van der Waals surface area contributed by atoms with Crippen LogP contribution in [0.3, 0.4) is 0 Å². The molecule has 2 aromatic rings. The van der Waals surface area contributed by atoms with Crippen LogP contribution < -0.4 is 0 Å². The van der Waals surface area contributed by atoms with Gasteiger partial charge in [-0.1, -0.05) is 25.1 Å². The van der Waals surface area contributed by atoms with Crippen LogP contribution in [-0.2, 0) is 16.0 Å². The Bertz CT molecular complexity index is 866. The van der Waals surface area contributed by atoms with Gasteiger partial charge in [-0.15, -0.1) is 11.3 Å². The SMILES string of the molecule is CC1CC(C)CN(C(=O)CN2CCN(C(=O)CCc3nc(-c4cccs4)no3)CC2)C1. The maximum atomic E-state index is 12.7. The molecule has 2 saturated heterocycles. The lowest BCUT2D eigenvalue weighted by molar-refractivity contribution is -0.136. The molecule has 2 atom stereocenters. The van der Waals surface area contributed by atoms with Gasteiger partial charge in [-0.05, 0) is 29.7 Å². The van der Waals surface area contributed by atoms with E-state index < -0.39 is 0 Å². The van der Waals surface area contributed by atoms with Gasteiger partial charge in [0.1, 0.15) is 0 Å². The minimum absolute atomic E-state index is 0.0977. The molecular weight excluding hydrogens is 414 g/mol. The van der Waals surface area contributed by atoms with Gasteiger partial charge in [-0.2, -0.15) is 4.98 Å². The summed E-state index contributed by atoms with van der Waals surface area (Å²) in [6.07, 6.45) is 2.00. The first-order valence-electron chi connectivity index (χ1n) is 11.1. The fourth-order valence-electron chi connectivity index (χ4n) is 4.55. The molecule has 0 aliphatic carbocycles. The monoisotopic (exact) mass is 445 g/mol. The van der Waals surface area contributed by atoms with Crippen molar-refractivity contribution in [3.63, 3.8) is 0 Å². The van der Waals surface area contributed by atoms with E-state index in [1.54, 1.807) is 11.3 Å². The second-order valence-electron chi connectivity index (χ2n) is 8.89. The van der Waals surface area contributed by atoms with Crippen molar-refractivity contribution in [2.24, 2.45) is 11.8 Å². The summed E-state index contributed by atoms with van der Waals surface area (Å²) in [6.45, 7) is 9.41. The van der Waals surface area contributed by atoms with Crippen molar-refractivity contribution in [3.8, 4) is 10.7 Å². The van der Waals surface area contributed by atoms with E-state index in [9.17, 15) is 9.59 Å². The number of rotatable bonds is 6. The maximum absolute atomic E-state index is 12.7. The Labute approximate surface area is 187 Å². The molecule has 9 heteroatoms. The number of aromatic nitrogens is 2. The molecule has 0 N–H and O–H groups in total. The van der Waals surface area contributed by atoms with Gasteiger partial charge >= 0.3 is 0 Å². The lowest BCUT2D eigenvalue weighted by Crippen LogP contribution is -2.53. The highest BCUT2D eigenvalue weighted by atomic mass is 32.1. The number of nitrogens with zero attached hydrogens (tertiary/aromatic N) is 5. The summed E-state index contributed by atoms with van der Waals surface area (Å²) in [7, 11) is 0. The van der Waals surface area contributed by atoms with Gasteiger partial charge in [0.2, 0.25) is 23.5 Å². The molecule has 2 aliphatic rings. The van der Waals surface area contributed by atoms with E-state index in [2.05, 4.69) is 28.9 Å². The third-order valence-electron chi connectivity index (χ3n) is 6.07. The normalized spacial score (nSPS) is 22.6. The first-order chi connectivity index (χ1) is 15.0. The van der Waals surface area contributed by atoms with Gasteiger partial charge in [-0.25, -0.2) is 0 Å².